The molecule has 3 aliphatic heterocycles. The van der Waals surface area contributed by atoms with Crippen molar-refractivity contribution in [3.05, 3.63) is 51.0 Å². The van der Waals surface area contributed by atoms with Gasteiger partial charge in [0.05, 0.1) is 69.6 Å². The van der Waals surface area contributed by atoms with E-state index < -0.39 is 35.6 Å². The number of carbonyl (C=O) groups excluding carboxylic acids is 5. The number of fused-ring (bicyclic) bond motifs is 1. The average molecular weight is 897 g/mol. The first-order valence-electron chi connectivity index (χ1n) is 22.8. The van der Waals surface area contributed by atoms with Crippen LogP contribution in [0.25, 0.3) is 0 Å². The normalized spacial score (nSPS) is 23.3. The van der Waals surface area contributed by atoms with Gasteiger partial charge in [0.25, 0.3) is 5.91 Å². The van der Waals surface area contributed by atoms with Crippen LogP contribution in [-0.2, 0) is 51.1 Å². The van der Waals surface area contributed by atoms with E-state index in [1.54, 1.807) is 27.2 Å². The number of aliphatic hydroxyl groups is 1. The van der Waals surface area contributed by atoms with Gasteiger partial charge < -0.3 is 44.5 Å². The standard InChI is InChI=1S/C46H68N6O10S/c1-30-40(63-29-49-30)33-12-10-31(11-13-33)26-48-42(55)38-25-34(53)27-51(38)45(58)41(46(2,3)4)47-16-18-60-20-22-62-24-23-61-21-19-59-17-6-8-32-7-5-9-35-36(32)28-52(44(35)57)37-14-15-39(54)50-43(37)56/h5,7,9,29,31,33-34,37-38,41,47,53H,6,8,10-28H2,1-4H3,(H,48,55)(H,50,54,56)/t31?,33?,34-,37?,38+,41-/m1/s1. The molecule has 2 aromatic rings. The second kappa shape index (κ2) is 23.4. The first-order valence-corrected chi connectivity index (χ1v) is 23.7. The van der Waals surface area contributed by atoms with Gasteiger partial charge in [0.15, 0.2) is 0 Å². The number of nitrogens with one attached hydrogen (secondary N) is 3. The van der Waals surface area contributed by atoms with Crippen molar-refractivity contribution in [2.45, 2.75) is 122 Å². The summed E-state index contributed by atoms with van der Waals surface area (Å²) in [5.74, 6) is -0.322. The maximum atomic E-state index is 13.9. The summed E-state index contributed by atoms with van der Waals surface area (Å²) >= 11 is 1.74. The van der Waals surface area contributed by atoms with Crippen LogP contribution >= 0.6 is 11.3 Å². The Morgan fingerprint density at radius 3 is 2.29 bits per heavy atom. The minimum Gasteiger partial charge on any atom is -0.391 e. The molecule has 4 N–H and O–H groups in total. The molecule has 63 heavy (non-hydrogen) atoms. The molecule has 16 nitrogen and oxygen atoms in total. The minimum absolute atomic E-state index is 0.132. The number of imide groups is 1. The van der Waals surface area contributed by atoms with E-state index in [2.05, 4.69) is 27.9 Å². The number of nitrogens with zero attached hydrogens (tertiary/aromatic N) is 3. The molecule has 4 heterocycles. The molecule has 1 aromatic heterocycles. The van der Waals surface area contributed by atoms with Crippen LogP contribution in [0.15, 0.2) is 23.7 Å². The first kappa shape index (κ1) is 48.6. The van der Waals surface area contributed by atoms with Gasteiger partial charge in [0.1, 0.15) is 12.1 Å². The Morgan fingerprint density at radius 1 is 0.952 bits per heavy atom. The molecular weight excluding hydrogens is 829 g/mol. The van der Waals surface area contributed by atoms with Crippen LogP contribution in [0, 0.1) is 18.3 Å². The fourth-order valence-electron chi connectivity index (χ4n) is 9.22. The Hall–Kier alpha value is -3.84. The lowest BCUT2D eigenvalue weighted by Gasteiger charge is -2.35. The number of amides is 5. The van der Waals surface area contributed by atoms with Crippen LogP contribution in [0.5, 0.6) is 0 Å². The van der Waals surface area contributed by atoms with E-state index in [1.165, 1.54) is 4.88 Å². The molecule has 4 aliphatic rings. The summed E-state index contributed by atoms with van der Waals surface area (Å²) in [5.41, 5.74) is 5.24. The maximum absolute atomic E-state index is 13.9. The van der Waals surface area contributed by atoms with E-state index in [9.17, 15) is 29.1 Å². The summed E-state index contributed by atoms with van der Waals surface area (Å²) in [4.78, 5) is 73.3. The first-order chi connectivity index (χ1) is 30.3. The molecule has 1 unspecified atom stereocenters. The topological polar surface area (TPSA) is 198 Å². The number of aromatic nitrogens is 1. The number of hydrogen-bond donors (Lipinski definition) is 4. The Kier molecular flexibility index (Phi) is 18.0. The van der Waals surface area contributed by atoms with Gasteiger partial charge in [-0.25, -0.2) is 4.98 Å². The van der Waals surface area contributed by atoms with E-state index >= 15 is 0 Å². The molecule has 6 rings (SSSR count). The quantitative estimate of drug-likeness (QED) is 0.0941. The molecule has 348 valence electrons. The molecular formula is C46H68N6O10S. The number of β-amino-alcohol motifs (C(OH)–C–C–N with tert-alkyl or cyclic N) is 1. The number of aliphatic hydroxyl groups excluding tert-OH is 1. The van der Waals surface area contributed by atoms with Crippen molar-refractivity contribution >= 4 is 40.9 Å². The van der Waals surface area contributed by atoms with E-state index in [0.717, 1.165) is 55.3 Å². The van der Waals surface area contributed by atoms with E-state index in [4.69, 9.17) is 18.9 Å². The highest BCUT2D eigenvalue weighted by molar-refractivity contribution is 7.09. The molecule has 4 atom stereocenters. The zero-order chi connectivity index (χ0) is 44.9. The van der Waals surface area contributed by atoms with Crippen LogP contribution in [0.1, 0.15) is 110 Å². The number of hydrogen-bond acceptors (Lipinski definition) is 13. The van der Waals surface area contributed by atoms with Crippen LogP contribution < -0.4 is 16.0 Å². The summed E-state index contributed by atoms with van der Waals surface area (Å²) in [5, 5.41) is 19.4. The largest absolute Gasteiger partial charge is 0.391 e. The van der Waals surface area contributed by atoms with Crippen LogP contribution in [0.3, 0.4) is 0 Å². The lowest BCUT2D eigenvalue weighted by Crippen LogP contribution is -2.57. The third-order valence-electron chi connectivity index (χ3n) is 12.7. The van der Waals surface area contributed by atoms with E-state index in [1.807, 2.05) is 38.4 Å². The van der Waals surface area contributed by atoms with Gasteiger partial charge in [-0.2, -0.15) is 0 Å². The highest BCUT2D eigenvalue weighted by Gasteiger charge is 2.44. The molecule has 2 saturated heterocycles. The number of likely N-dealkylation sites (tertiary alicyclic amines) is 1. The number of aryl methyl sites for hydroxylation is 2. The predicted octanol–water partition coefficient (Wildman–Crippen LogP) is 3.27. The van der Waals surface area contributed by atoms with E-state index in [0.29, 0.717) is 96.3 Å². The number of rotatable bonds is 23. The van der Waals surface area contributed by atoms with Crippen molar-refractivity contribution in [3.8, 4) is 0 Å². The van der Waals surface area contributed by atoms with Crippen LogP contribution in [0.2, 0.25) is 0 Å². The molecule has 3 fully saturated rings. The Balaban J connectivity index is 0.783. The molecule has 1 aliphatic carbocycles. The highest BCUT2D eigenvalue weighted by Crippen LogP contribution is 2.38. The van der Waals surface area contributed by atoms with Crippen molar-refractivity contribution in [1.82, 2.24) is 30.7 Å². The molecule has 0 spiro atoms. The fourth-order valence-corrected chi connectivity index (χ4v) is 10.2. The zero-order valence-corrected chi connectivity index (χ0v) is 38.3. The van der Waals surface area contributed by atoms with Gasteiger partial charge in [-0.05, 0) is 86.3 Å². The monoisotopic (exact) mass is 896 g/mol. The third kappa shape index (κ3) is 13.4. The van der Waals surface area contributed by atoms with Gasteiger partial charge >= 0.3 is 0 Å². The summed E-state index contributed by atoms with van der Waals surface area (Å²) in [6.45, 7) is 13.0. The summed E-state index contributed by atoms with van der Waals surface area (Å²) < 4.78 is 22.8. The number of benzene rings is 1. The van der Waals surface area contributed by atoms with Crippen molar-refractivity contribution < 1.29 is 48.0 Å². The second-order valence-electron chi connectivity index (χ2n) is 18.3. The number of carbonyl (C=O) groups is 5. The van der Waals surface area contributed by atoms with Gasteiger partial charge in [0.2, 0.25) is 23.6 Å². The number of ether oxygens (including phenoxy) is 4. The number of thiazole rings is 1. The Morgan fingerprint density at radius 2 is 1.63 bits per heavy atom. The van der Waals surface area contributed by atoms with Gasteiger partial charge in [-0.3, -0.25) is 29.3 Å². The zero-order valence-electron chi connectivity index (χ0n) is 37.5. The van der Waals surface area contributed by atoms with Gasteiger partial charge in [-0.15, -0.1) is 11.3 Å². The lowest BCUT2D eigenvalue weighted by molar-refractivity contribution is -0.142. The third-order valence-corrected chi connectivity index (χ3v) is 13.8. The summed E-state index contributed by atoms with van der Waals surface area (Å²) in [6, 6.07) is 3.78. The Labute approximate surface area is 375 Å². The van der Waals surface area contributed by atoms with Crippen LogP contribution in [0.4, 0.5) is 0 Å². The molecule has 0 radical (unpaired) electrons. The lowest BCUT2D eigenvalue weighted by atomic mass is 9.81. The van der Waals surface area contributed by atoms with Gasteiger partial charge in [0, 0.05) is 56.1 Å². The highest BCUT2D eigenvalue weighted by atomic mass is 32.1. The Bertz CT molecular complexity index is 1860. The number of piperidine rings is 1. The smallest absolute Gasteiger partial charge is 0.255 e. The SMILES string of the molecule is Cc1ncsc1C1CCC(CNC(=O)[C@@H]2C[C@@H](O)CN2C(=O)[C@@H](NCCOCCOCCOCCOCCCc2cccc3c2CN(C2CCC(=O)NC2=O)C3=O)C(C)(C)C)CC1. The molecule has 0 bridgehead atoms. The van der Waals surface area contributed by atoms with Crippen LogP contribution in [-0.4, -0.2) is 146 Å². The molecule has 1 saturated carbocycles. The summed E-state index contributed by atoms with van der Waals surface area (Å²) in [6.07, 6.45) is 5.82. The minimum atomic E-state index is -0.747. The molecule has 5 amide bonds. The summed E-state index contributed by atoms with van der Waals surface area (Å²) in [7, 11) is 0. The second-order valence-corrected chi connectivity index (χ2v) is 19.2. The van der Waals surface area contributed by atoms with Crippen molar-refractivity contribution in [2.75, 3.05) is 72.5 Å². The maximum Gasteiger partial charge on any atom is 0.255 e. The predicted molar refractivity (Wildman–Crippen MR) is 236 cm³/mol. The average Bonchev–Trinajstić information content (AvgIpc) is 3.97. The van der Waals surface area contributed by atoms with Crippen molar-refractivity contribution in [1.29, 1.82) is 0 Å². The van der Waals surface area contributed by atoms with Crippen molar-refractivity contribution in [2.24, 2.45) is 11.3 Å². The molecule has 17 heteroatoms. The fraction of sp³-hybridized carbons (Fsp3) is 0.696. The van der Waals surface area contributed by atoms with E-state index in [-0.39, 0.29) is 43.0 Å². The van der Waals surface area contributed by atoms with Gasteiger partial charge in [-0.1, -0.05) is 32.9 Å². The molecule has 1 aromatic carbocycles. The van der Waals surface area contributed by atoms with Crippen molar-refractivity contribution in [3.63, 3.8) is 0 Å².